The highest BCUT2D eigenvalue weighted by Crippen LogP contribution is 2.22. The number of thiocarbonyl (C=S) groups is 1. The summed E-state index contributed by atoms with van der Waals surface area (Å²) in [5.41, 5.74) is 8.34. The highest BCUT2D eigenvalue weighted by Gasteiger charge is 2.19. The Bertz CT molecular complexity index is 517. The van der Waals surface area contributed by atoms with Crippen LogP contribution in [0.4, 0.5) is 5.82 Å². The summed E-state index contributed by atoms with van der Waals surface area (Å²) < 4.78 is 4.98. The number of anilines is 1. The lowest BCUT2D eigenvalue weighted by Gasteiger charge is -2.24. The van der Waals surface area contributed by atoms with E-state index in [1.807, 2.05) is 31.7 Å². The van der Waals surface area contributed by atoms with Crippen molar-refractivity contribution in [2.45, 2.75) is 27.7 Å². The van der Waals surface area contributed by atoms with Crippen LogP contribution in [-0.4, -0.2) is 35.6 Å². The molecule has 1 heterocycles. The fraction of sp³-hybridized carbons (Fsp3) is 0.500. The zero-order chi connectivity index (χ0) is 15.3. The van der Waals surface area contributed by atoms with Crippen LogP contribution in [-0.2, 0) is 9.53 Å². The number of hydrogen-bond donors (Lipinski definition) is 1. The minimum absolute atomic E-state index is 0.135. The topological polar surface area (TPSA) is 68.5 Å². The second-order valence-electron chi connectivity index (χ2n) is 4.46. The molecule has 0 saturated heterocycles. The van der Waals surface area contributed by atoms with E-state index < -0.39 is 0 Å². The van der Waals surface area contributed by atoms with Gasteiger partial charge in [-0.15, -0.1) is 0 Å². The van der Waals surface area contributed by atoms with Crippen molar-refractivity contribution in [3.63, 3.8) is 0 Å². The van der Waals surface area contributed by atoms with Gasteiger partial charge in [0.05, 0.1) is 12.2 Å². The molecule has 20 heavy (non-hydrogen) atoms. The molecule has 2 N–H and O–H groups in total. The van der Waals surface area contributed by atoms with Crippen molar-refractivity contribution in [1.82, 2.24) is 4.98 Å². The summed E-state index contributed by atoms with van der Waals surface area (Å²) in [6.07, 6.45) is 0. The molecule has 0 aliphatic carbocycles. The molecule has 0 amide bonds. The maximum absolute atomic E-state index is 11.7. The molecular weight excluding hydrogens is 274 g/mol. The van der Waals surface area contributed by atoms with Crippen molar-refractivity contribution in [3.05, 3.63) is 22.9 Å². The second-order valence-corrected chi connectivity index (χ2v) is 4.90. The van der Waals surface area contributed by atoms with Crippen LogP contribution in [0.2, 0.25) is 0 Å². The number of pyridine rings is 1. The normalized spacial score (nSPS) is 10.2. The summed E-state index contributed by atoms with van der Waals surface area (Å²) in [5.74, 6) is 0.356. The van der Waals surface area contributed by atoms with Gasteiger partial charge in [0, 0.05) is 12.2 Å². The van der Waals surface area contributed by atoms with Crippen molar-refractivity contribution in [2.24, 2.45) is 5.73 Å². The number of ether oxygens (including phenoxy) is 1. The van der Waals surface area contributed by atoms with Gasteiger partial charge in [-0.25, -0.2) is 4.98 Å². The van der Waals surface area contributed by atoms with E-state index in [2.05, 4.69) is 4.98 Å². The number of rotatable bonds is 6. The van der Waals surface area contributed by atoms with Gasteiger partial charge >= 0.3 is 5.97 Å². The molecule has 1 rings (SSSR count). The van der Waals surface area contributed by atoms with Crippen LogP contribution in [0.3, 0.4) is 0 Å². The van der Waals surface area contributed by atoms with Gasteiger partial charge in [-0.05, 0) is 39.3 Å². The Morgan fingerprint density at radius 1 is 1.45 bits per heavy atom. The van der Waals surface area contributed by atoms with Gasteiger partial charge < -0.3 is 15.4 Å². The van der Waals surface area contributed by atoms with Crippen LogP contribution in [0.25, 0.3) is 0 Å². The zero-order valence-electron chi connectivity index (χ0n) is 12.4. The number of likely N-dealkylation sites (N-methyl/N-ethyl adjacent to an activating group) is 1. The molecule has 0 aromatic carbocycles. The summed E-state index contributed by atoms with van der Waals surface area (Å²) >= 11 is 5.11. The Labute approximate surface area is 125 Å². The van der Waals surface area contributed by atoms with Gasteiger partial charge in [-0.3, -0.25) is 4.79 Å². The van der Waals surface area contributed by atoms with Crippen LogP contribution in [0, 0.1) is 13.8 Å². The third-order valence-corrected chi connectivity index (χ3v) is 3.08. The van der Waals surface area contributed by atoms with E-state index in [-0.39, 0.29) is 17.5 Å². The Morgan fingerprint density at radius 3 is 2.60 bits per heavy atom. The Hall–Kier alpha value is -1.69. The van der Waals surface area contributed by atoms with Crippen LogP contribution >= 0.6 is 12.2 Å². The molecule has 6 heteroatoms. The number of carbonyl (C=O) groups excluding carboxylic acids is 1. The second kappa shape index (κ2) is 7.19. The van der Waals surface area contributed by atoms with E-state index in [4.69, 9.17) is 22.7 Å². The summed E-state index contributed by atoms with van der Waals surface area (Å²) in [6.45, 7) is 8.67. The molecule has 0 saturated carbocycles. The van der Waals surface area contributed by atoms with E-state index >= 15 is 0 Å². The molecule has 0 aliphatic heterocycles. The first-order chi connectivity index (χ1) is 9.40. The van der Waals surface area contributed by atoms with E-state index in [1.54, 1.807) is 6.92 Å². The van der Waals surface area contributed by atoms with E-state index in [1.165, 1.54) is 0 Å². The van der Waals surface area contributed by atoms with Gasteiger partial charge in [0.2, 0.25) is 0 Å². The fourth-order valence-corrected chi connectivity index (χ4v) is 2.30. The lowest BCUT2D eigenvalue weighted by Crippen LogP contribution is -2.33. The average molecular weight is 295 g/mol. The molecule has 0 atom stereocenters. The van der Waals surface area contributed by atoms with Gasteiger partial charge in [0.1, 0.15) is 17.4 Å². The van der Waals surface area contributed by atoms with Crippen molar-refractivity contribution in [1.29, 1.82) is 0 Å². The van der Waals surface area contributed by atoms with Crippen LogP contribution in [0.1, 0.15) is 30.7 Å². The van der Waals surface area contributed by atoms with Crippen molar-refractivity contribution in [3.8, 4) is 0 Å². The fourth-order valence-electron chi connectivity index (χ4n) is 2.05. The molecule has 1 aromatic rings. The first-order valence-corrected chi connectivity index (χ1v) is 7.00. The Kier molecular flexibility index (Phi) is 5.88. The van der Waals surface area contributed by atoms with Crippen LogP contribution < -0.4 is 10.6 Å². The van der Waals surface area contributed by atoms with E-state index in [0.29, 0.717) is 19.0 Å². The maximum atomic E-state index is 11.7. The lowest BCUT2D eigenvalue weighted by atomic mass is 10.1. The highest BCUT2D eigenvalue weighted by atomic mass is 32.1. The van der Waals surface area contributed by atoms with Gasteiger partial charge in [0.25, 0.3) is 0 Å². The van der Waals surface area contributed by atoms with Crippen molar-refractivity contribution < 1.29 is 9.53 Å². The van der Waals surface area contributed by atoms with Crippen molar-refractivity contribution >= 4 is 29.0 Å². The molecule has 0 radical (unpaired) electrons. The number of nitrogens with two attached hydrogens (primary N) is 1. The van der Waals surface area contributed by atoms with Crippen molar-refractivity contribution in [2.75, 3.05) is 24.6 Å². The molecule has 0 unspecified atom stereocenters. The molecule has 1 aromatic heterocycles. The minimum Gasteiger partial charge on any atom is -0.465 e. The minimum atomic E-state index is -0.288. The zero-order valence-corrected chi connectivity index (χ0v) is 13.2. The number of hydrogen-bond acceptors (Lipinski definition) is 5. The largest absolute Gasteiger partial charge is 0.465 e. The molecule has 0 bridgehead atoms. The maximum Gasteiger partial charge on any atom is 0.325 e. The first kappa shape index (κ1) is 16.4. The number of carbonyl (C=O) groups is 1. The number of nitrogens with zero attached hydrogens (tertiary/aromatic N) is 2. The predicted octanol–water partition coefficient (Wildman–Crippen LogP) is 1.72. The Balaban J connectivity index is 3.20. The molecule has 5 nitrogen and oxygen atoms in total. The predicted molar refractivity (Wildman–Crippen MR) is 84.1 cm³/mol. The van der Waals surface area contributed by atoms with E-state index in [0.717, 1.165) is 16.8 Å². The third kappa shape index (κ3) is 3.90. The number of esters is 1. The van der Waals surface area contributed by atoms with E-state index in [9.17, 15) is 4.79 Å². The van der Waals surface area contributed by atoms with Gasteiger partial charge in [-0.2, -0.15) is 0 Å². The molecule has 0 fully saturated rings. The van der Waals surface area contributed by atoms with Crippen LogP contribution in [0.5, 0.6) is 0 Å². The number of aryl methyl sites for hydroxylation is 2. The van der Waals surface area contributed by atoms with Crippen LogP contribution in [0.15, 0.2) is 6.07 Å². The highest BCUT2D eigenvalue weighted by molar-refractivity contribution is 7.80. The lowest BCUT2D eigenvalue weighted by molar-refractivity contribution is -0.141. The SMILES string of the molecule is CCOC(=O)CN(CC)c1nc(C)cc(C)c1C(N)=S. The van der Waals surface area contributed by atoms with Gasteiger partial charge in [0.15, 0.2) is 0 Å². The molecule has 0 spiro atoms. The summed E-state index contributed by atoms with van der Waals surface area (Å²) in [4.78, 5) is 18.3. The average Bonchev–Trinajstić information content (AvgIpc) is 2.34. The molecule has 110 valence electrons. The number of aromatic nitrogens is 1. The molecule has 0 aliphatic rings. The summed E-state index contributed by atoms with van der Waals surface area (Å²) in [7, 11) is 0. The monoisotopic (exact) mass is 295 g/mol. The van der Waals surface area contributed by atoms with Gasteiger partial charge in [-0.1, -0.05) is 12.2 Å². The quantitative estimate of drug-likeness (QED) is 0.636. The Morgan fingerprint density at radius 2 is 2.10 bits per heavy atom. The standard InChI is InChI=1S/C14H21N3O2S/c1-5-17(8-11(18)19-6-2)14-12(13(15)20)9(3)7-10(4)16-14/h7H,5-6,8H2,1-4H3,(H2,15,20). The smallest absolute Gasteiger partial charge is 0.325 e. The summed E-state index contributed by atoms with van der Waals surface area (Å²) in [5, 5.41) is 0. The molecular formula is C14H21N3O2S. The first-order valence-electron chi connectivity index (χ1n) is 6.59. The third-order valence-electron chi connectivity index (χ3n) is 2.88. The summed E-state index contributed by atoms with van der Waals surface area (Å²) in [6, 6.07) is 1.93.